The molecule has 0 fully saturated rings. The molecule has 1 aromatic carbocycles. The lowest BCUT2D eigenvalue weighted by molar-refractivity contribution is -0.112. The van der Waals surface area contributed by atoms with Crippen molar-refractivity contribution in [3.05, 3.63) is 23.8 Å². The molecule has 1 unspecified atom stereocenters. The van der Waals surface area contributed by atoms with Crippen molar-refractivity contribution in [3.63, 3.8) is 0 Å². The van der Waals surface area contributed by atoms with Crippen LogP contribution in [-0.4, -0.2) is 11.9 Å². The van der Waals surface area contributed by atoms with Gasteiger partial charge in [-0.2, -0.15) is 0 Å². The van der Waals surface area contributed by atoms with E-state index in [0.717, 1.165) is 11.3 Å². The first-order valence-electron chi connectivity index (χ1n) is 5.22. The Labute approximate surface area is 100 Å². The van der Waals surface area contributed by atoms with Crippen molar-refractivity contribution in [1.29, 1.82) is 0 Å². The highest BCUT2D eigenvalue weighted by molar-refractivity contribution is 7.96. The van der Waals surface area contributed by atoms with Gasteiger partial charge in [0, 0.05) is 0 Å². The number of thiol groups is 1. The zero-order valence-corrected chi connectivity index (χ0v) is 10.2. The van der Waals surface area contributed by atoms with E-state index in [4.69, 9.17) is 9.47 Å². The van der Waals surface area contributed by atoms with Crippen LogP contribution in [0.3, 0.4) is 0 Å². The molecule has 86 valence electrons. The summed E-state index contributed by atoms with van der Waals surface area (Å²) in [5.41, 5.74) is 0.930. The molecule has 0 N–H and O–H groups in total. The molecule has 1 heterocycles. The Bertz CT molecular complexity index is 415. The summed E-state index contributed by atoms with van der Waals surface area (Å²) in [4.78, 5) is 11.5. The number of benzene rings is 1. The summed E-state index contributed by atoms with van der Waals surface area (Å²) in [6, 6.07) is 5.59. The van der Waals surface area contributed by atoms with Gasteiger partial charge in [0.05, 0.1) is 5.92 Å². The highest BCUT2D eigenvalue weighted by atomic mass is 32.1. The summed E-state index contributed by atoms with van der Waals surface area (Å²) in [6.45, 7) is 4.26. The molecule has 0 amide bonds. The van der Waals surface area contributed by atoms with Crippen molar-refractivity contribution in [1.82, 2.24) is 0 Å². The fourth-order valence-corrected chi connectivity index (χ4v) is 2.37. The van der Waals surface area contributed by atoms with Gasteiger partial charge in [0.1, 0.15) is 0 Å². The predicted molar refractivity (Wildman–Crippen MR) is 64.1 cm³/mol. The molecule has 1 aliphatic rings. The van der Waals surface area contributed by atoms with E-state index in [1.54, 1.807) is 0 Å². The zero-order chi connectivity index (χ0) is 11.7. The first-order chi connectivity index (χ1) is 7.59. The van der Waals surface area contributed by atoms with Crippen molar-refractivity contribution < 1.29 is 14.3 Å². The predicted octanol–water partition coefficient (Wildman–Crippen LogP) is 2.61. The standard InChI is InChI=1S/C12H14O3S/c1-7(2)11(12(13)16)8-3-4-9-10(5-8)15-6-14-9/h3-5,7,11H,6H2,1-2H3,(H,13,16). The highest BCUT2D eigenvalue weighted by Crippen LogP contribution is 2.37. The quantitative estimate of drug-likeness (QED) is 0.822. The molecule has 3 nitrogen and oxygen atoms in total. The average molecular weight is 238 g/mol. The minimum Gasteiger partial charge on any atom is -0.454 e. The van der Waals surface area contributed by atoms with E-state index in [2.05, 4.69) is 12.6 Å². The maximum absolute atomic E-state index is 11.5. The van der Waals surface area contributed by atoms with Gasteiger partial charge in [0.25, 0.3) is 0 Å². The van der Waals surface area contributed by atoms with Gasteiger partial charge in [0.15, 0.2) is 16.6 Å². The maximum Gasteiger partial charge on any atom is 0.231 e. The largest absolute Gasteiger partial charge is 0.454 e. The molecule has 0 bridgehead atoms. The number of rotatable bonds is 3. The molecule has 0 aromatic heterocycles. The Hall–Kier alpha value is -1.16. The summed E-state index contributed by atoms with van der Waals surface area (Å²) in [5, 5.41) is -0.117. The number of carbonyl (C=O) groups excluding carboxylic acids is 1. The normalized spacial score (nSPS) is 15.2. The van der Waals surface area contributed by atoms with Crippen LogP contribution in [0.2, 0.25) is 0 Å². The Morgan fingerprint density at radius 2 is 2.00 bits per heavy atom. The van der Waals surface area contributed by atoms with E-state index >= 15 is 0 Å². The molecule has 0 saturated heterocycles. The van der Waals surface area contributed by atoms with Crippen LogP contribution in [0.25, 0.3) is 0 Å². The molecule has 1 aromatic rings. The third kappa shape index (κ3) is 2.02. The zero-order valence-electron chi connectivity index (χ0n) is 9.27. The number of hydrogen-bond acceptors (Lipinski definition) is 3. The first kappa shape index (κ1) is 11.3. The molecule has 0 saturated carbocycles. The van der Waals surface area contributed by atoms with Crippen LogP contribution in [0.5, 0.6) is 11.5 Å². The third-order valence-electron chi connectivity index (χ3n) is 2.69. The topological polar surface area (TPSA) is 35.5 Å². The van der Waals surface area contributed by atoms with E-state index in [1.807, 2.05) is 32.0 Å². The lowest BCUT2D eigenvalue weighted by atomic mass is 9.89. The molecule has 1 aliphatic heterocycles. The van der Waals surface area contributed by atoms with Crippen LogP contribution in [0.4, 0.5) is 0 Å². The highest BCUT2D eigenvalue weighted by Gasteiger charge is 2.24. The van der Waals surface area contributed by atoms with Crippen molar-refractivity contribution in [2.24, 2.45) is 5.92 Å². The van der Waals surface area contributed by atoms with Crippen LogP contribution in [0.15, 0.2) is 18.2 Å². The second-order valence-electron chi connectivity index (χ2n) is 4.17. The second-order valence-corrected chi connectivity index (χ2v) is 4.61. The van der Waals surface area contributed by atoms with Crippen LogP contribution in [-0.2, 0) is 4.79 Å². The second kappa shape index (κ2) is 4.37. The lowest BCUT2D eigenvalue weighted by Gasteiger charge is -2.17. The molecular formula is C12H14O3S. The van der Waals surface area contributed by atoms with Crippen LogP contribution < -0.4 is 9.47 Å². The molecule has 0 aliphatic carbocycles. The van der Waals surface area contributed by atoms with Crippen molar-refractivity contribution in [2.75, 3.05) is 6.79 Å². The summed E-state index contributed by atoms with van der Waals surface area (Å²) < 4.78 is 10.5. The van der Waals surface area contributed by atoms with E-state index in [-0.39, 0.29) is 23.7 Å². The Morgan fingerprint density at radius 1 is 1.31 bits per heavy atom. The Kier molecular flexibility index (Phi) is 3.10. The fourth-order valence-electron chi connectivity index (χ4n) is 1.92. The fraction of sp³-hybridized carbons (Fsp3) is 0.417. The molecular weight excluding hydrogens is 224 g/mol. The van der Waals surface area contributed by atoms with Gasteiger partial charge in [-0.25, -0.2) is 0 Å². The van der Waals surface area contributed by atoms with Crippen LogP contribution in [0, 0.1) is 5.92 Å². The van der Waals surface area contributed by atoms with Crippen LogP contribution >= 0.6 is 12.6 Å². The molecule has 0 spiro atoms. The van der Waals surface area contributed by atoms with E-state index < -0.39 is 0 Å². The minimum atomic E-state index is -0.196. The van der Waals surface area contributed by atoms with Gasteiger partial charge in [-0.15, -0.1) is 12.6 Å². The van der Waals surface area contributed by atoms with Gasteiger partial charge in [-0.3, -0.25) is 4.79 Å². The van der Waals surface area contributed by atoms with Crippen molar-refractivity contribution in [3.8, 4) is 11.5 Å². The van der Waals surface area contributed by atoms with Crippen molar-refractivity contribution >= 4 is 17.7 Å². The van der Waals surface area contributed by atoms with E-state index in [1.165, 1.54) is 0 Å². The summed E-state index contributed by atoms with van der Waals surface area (Å²) in [6.07, 6.45) is 0. The van der Waals surface area contributed by atoms with Gasteiger partial charge < -0.3 is 9.47 Å². The van der Waals surface area contributed by atoms with Gasteiger partial charge in [0.2, 0.25) is 6.79 Å². The smallest absolute Gasteiger partial charge is 0.231 e. The van der Waals surface area contributed by atoms with E-state index in [0.29, 0.717) is 5.75 Å². The number of ether oxygens (including phenoxy) is 2. The molecule has 1 atom stereocenters. The van der Waals surface area contributed by atoms with Gasteiger partial charge in [-0.05, 0) is 23.6 Å². The molecule has 0 radical (unpaired) electrons. The Morgan fingerprint density at radius 3 is 2.62 bits per heavy atom. The SMILES string of the molecule is CC(C)C(C(=O)S)c1ccc2c(c1)OCO2. The van der Waals surface area contributed by atoms with E-state index in [9.17, 15) is 4.79 Å². The molecule has 16 heavy (non-hydrogen) atoms. The summed E-state index contributed by atoms with van der Waals surface area (Å²) in [7, 11) is 0. The van der Waals surface area contributed by atoms with Crippen LogP contribution in [0.1, 0.15) is 25.3 Å². The van der Waals surface area contributed by atoms with Crippen molar-refractivity contribution in [2.45, 2.75) is 19.8 Å². The molecule has 4 heteroatoms. The summed E-state index contributed by atoms with van der Waals surface area (Å²) in [5.74, 6) is 1.46. The average Bonchev–Trinajstić information content (AvgIpc) is 2.63. The van der Waals surface area contributed by atoms with Gasteiger partial charge in [-0.1, -0.05) is 19.9 Å². The minimum absolute atomic E-state index is 0.117. The Balaban J connectivity index is 2.35. The number of hydrogen-bond donors (Lipinski definition) is 1. The number of fused-ring (bicyclic) bond motifs is 1. The third-order valence-corrected chi connectivity index (χ3v) is 2.97. The molecule has 2 rings (SSSR count). The van der Waals surface area contributed by atoms with Gasteiger partial charge >= 0.3 is 0 Å². The first-order valence-corrected chi connectivity index (χ1v) is 5.66. The summed E-state index contributed by atoms with van der Waals surface area (Å²) >= 11 is 3.94. The monoisotopic (exact) mass is 238 g/mol. The maximum atomic E-state index is 11.5. The lowest BCUT2D eigenvalue weighted by Crippen LogP contribution is -2.13. The number of carbonyl (C=O) groups is 1.